The van der Waals surface area contributed by atoms with E-state index in [9.17, 15) is 13.6 Å². The normalized spacial score (nSPS) is 14.1. The van der Waals surface area contributed by atoms with Crippen LogP contribution in [0.15, 0.2) is 72.8 Å². The fourth-order valence-electron chi connectivity index (χ4n) is 4.09. The van der Waals surface area contributed by atoms with Gasteiger partial charge in [-0.1, -0.05) is 48.5 Å². The molecule has 0 bridgehead atoms. The van der Waals surface area contributed by atoms with E-state index in [0.717, 1.165) is 34.2 Å². The van der Waals surface area contributed by atoms with Crippen LogP contribution in [0.2, 0.25) is 0 Å². The number of benzene rings is 3. The van der Waals surface area contributed by atoms with E-state index in [0.29, 0.717) is 32.0 Å². The highest BCUT2D eigenvalue weighted by molar-refractivity contribution is 5.96. The average molecular weight is 430 g/mol. The summed E-state index contributed by atoms with van der Waals surface area (Å²) in [5, 5.41) is 11.1. The first kappa shape index (κ1) is 20.1. The number of anilines is 1. The summed E-state index contributed by atoms with van der Waals surface area (Å²) in [5.41, 5.74) is 1.30. The Morgan fingerprint density at radius 3 is 2.16 bits per heavy atom. The Morgan fingerprint density at radius 1 is 0.750 bits per heavy atom. The van der Waals surface area contributed by atoms with Gasteiger partial charge in [0.1, 0.15) is 17.2 Å². The van der Waals surface area contributed by atoms with Gasteiger partial charge >= 0.3 is 0 Å². The zero-order valence-electron chi connectivity index (χ0n) is 17.2. The van der Waals surface area contributed by atoms with Crippen LogP contribution in [0, 0.1) is 11.6 Å². The van der Waals surface area contributed by atoms with Gasteiger partial charge in [-0.05, 0) is 35.0 Å². The Balaban J connectivity index is 1.30. The summed E-state index contributed by atoms with van der Waals surface area (Å²) in [6.45, 7) is 1.70. The molecule has 0 saturated carbocycles. The van der Waals surface area contributed by atoms with Crippen LogP contribution in [0.3, 0.4) is 0 Å². The zero-order chi connectivity index (χ0) is 22.1. The van der Waals surface area contributed by atoms with Crippen LogP contribution < -0.4 is 4.90 Å². The molecule has 160 valence electrons. The first-order chi connectivity index (χ1) is 15.6. The first-order valence-corrected chi connectivity index (χ1v) is 10.4. The van der Waals surface area contributed by atoms with E-state index in [-0.39, 0.29) is 0 Å². The minimum atomic E-state index is -0.840. The van der Waals surface area contributed by atoms with E-state index in [1.54, 1.807) is 0 Å². The molecule has 0 spiro atoms. The number of amides is 1. The lowest BCUT2D eigenvalue weighted by Crippen LogP contribution is -2.49. The van der Waals surface area contributed by atoms with Crippen molar-refractivity contribution in [1.29, 1.82) is 0 Å². The molecule has 0 unspecified atom stereocenters. The highest BCUT2D eigenvalue weighted by Crippen LogP contribution is 2.27. The van der Waals surface area contributed by atoms with Gasteiger partial charge in [-0.25, -0.2) is 8.78 Å². The van der Waals surface area contributed by atoms with Gasteiger partial charge in [0.05, 0.1) is 5.69 Å². The molecule has 0 N–H and O–H groups in total. The van der Waals surface area contributed by atoms with Gasteiger partial charge in [0.15, 0.2) is 5.82 Å². The van der Waals surface area contributed by atoms with Crippen LogP contribution in [0.5, 0.6) is 0 Å². The number of fused-ring (bicyclic) bond motifs is 1. The smallest absolute Gasteiger partial charge is 0.259 e. The van der Waals surface area contributed by atoms with E-state index >= 15 is 0 Å². The SMILES string of the molecule is O=C(c1c(F)cccc1F)N1CCN(c2ccc(-c3cccc4ccccc34)nn2)CC1. The summed E-state index contributed by atoms with van der Waals surface area (Å²) in [6, 6.07) is 21.5. The molecule has 1 aliphatic rings. The molecule has 4 aromatic rings. The summed E-state index contributed by atoms with van der Waals surface area (Å²) in [6.07, 6.45) is 0. The van der Waals surface area contributed by atoms with Crippen LogP contribution in [-0.4, -0.2) is 47.2 Å². The second kappa shape index (κ2) is 8.34. The van der Waals surface area contributed by atoms with E-state index in [1.807, 2.05) is 41.3 Å². The van der Waals surface area contributed by atoms with Gasteiger partial charge in [0, 0.05) is 31.7 Å². The fourth-order valence-corrected chi connectivity index (χ4v) is 4.09. The highest BCUT2D eigenvalue weighted by Gasteiger charge is 2.27. The molecule has 0 radical (unpaired) electrons. The minimum Gasteiger partial charge on any atom is -0.352 e. The maximum Gasteiger partial charge on any atom is 0.259 e. The van der Waals surface area contributed by atoms with Crippen LogP contribution in [-0.2, 0) is 0 Å². The lowest BCUT2D eigenvalue weighted by Gasteiger charge is -2.35. The molecule has 7 heteroatoms. The molecule has 1 aliphatic heterocycles. The molecular formula is C25H20F2N4O. The van der Waals surface area contributed by atoms with Gasteiger partial charge in [0.2, 0.25) is 0 Å². The van der Waals surface area contributed by atoms with Gasteiger partial charge in [-0.3, -0.25) is 4.79 Å². The molecule has 0 atom stereocenters. The predicted molar refractivity (Wildman–Crippen MR) is 119 cm³/mol. The number of aromatic nitrogens is 2. The molecule has 1 saturated heterocycles. The maximum absolute atomic E-state index is 14.0. The minimum absolute atomic E-state index is 0.347. The molecule has 0 aliphatic carbocycles. The topological polar surface area (TPSA) is 49.3 Å². The summed E-state index contributed by atoms with van der Waals surface area (Å²) in [5.74, 6) is -1.60. The van der Waals surface area contributed by atoms with Crippen molar-refractivity contribution in [3.63, 3.8) is 0 Å². The maximum atomic E-state index is 14.0. The van der Waals surface area contributed by atoms with Crippen molar-refractivity contribution >= 4 is 22.5 Å². The number of rotatable bonds is 3. The Bertz CT molecular complexity index is 1260. The predicted octanol–water partition coefficient (Wildman–Crippen LogP) is 4.54. The van der Waals surface area contributed by atoms with Crippen molar-refractivity contribution in [1.82, 2.24) is 15.1 Å². The van der Waals surface area contributed by atoms with E-state index in [4.69, 9.17) is 0 Å². The number of hydrogen-bond donors (Lipinski definition) is 0. The third-order valence-electron chi connectivity index (χ3n) is 5.78. The molecule has 2 heterocycles. The average Bonchev–Trinajstić information content (AvgIpc) is 2.84. The third kappa shape index (κ3) is 3.66. The molecule has 5 nitrogen and oxygen atoms in total. The standard InChI is InChI=1S/C25H20F2N4O/c26-20-9-4-10-21(27)24(20)25(32)31-15-13-30(14-16-31)23-12-11-22(28-29-23)19-8-3-6-17-5-1-2-7-18(17)19/h1-12H,13-16H2. The number of halogens is 2. The molecule has 1 amide bonds. The first-order valence-electron chi connectivity index (χ1n) is 10.4. The number of nitrogens with zero attached hydrogens (tertiary/aromatic N) is 4. The van der Waals surface area contributed by atoms with Crippen LogP contribution in [0.4, 0.5) is 14.6 Å². The van der Waals surface area contributed by atoms with Gasteiger partial charge < -0.3 is 9.80 Å². The second-order valence-corrected chi connectivity index (χ2v) is 7.68. The number of piperazine rings is 1. The molecule has 1 aromatic heterocycles. The largest absolute Gasteiger partial charge is 0.352 e. The fraction of sp³-hybridized carbons (Fsp3) is 0.160. The van der Waals surface area contributed by atoms with E-state index < -0.39 is 23.1 Å². The van der Waals surface area contributed by atoms with Crippen molar-refractivity contribution in [3.8, 4) is 11.3 Å². The highest BCUT2D eigenvalue weighted by atomic mass is 19.1. The van der Waals surface area contributed by atoms with Crippen molar-refractivity contribution in [2.75, 3.05) is 31.1 Å². The molecule has 3 aromatic carbocycles. The number of carbonyl (C=O) groups is 1. The van der Waals surface area contributed by atoms with E-state index in [2.05, 4.69) is 28.4 Å². The zero-order valence-corrected chi connectivity index (χ0v) is 17.2. The van der Waals surface area contributed by atoms with Crippen LogP contribution in [0.1, 0.15) is 10.4 Å². The Labute approximate surface area is 183 Å². The number of carbonyl (C=O) groups excluding carboxylic acids is 1. The Kier molecular flexibility index (Phi) is 5.23. The van der Waals surface area contributed by atoms with Crippen LogP contribution >= 0.6 is 0 Å². The lowest BCUT2D eigenvalue weighted by molar-refractivity contribution is 0.0736. The Morgan fingerprint density at radius 2 is 1.44 bits per heavy atom. The van der Waals surface area contributed by atoms with Crippen molar-refractivity contribution in [2.24, 2.45) is 0 Å². The van der Waals surface area contributed by atoms with Gasteiger partial charge in [-0.2, -0.15) is 0 Å². The Hall–Kier alpha value is -3.87. The van der Waals surface area contributed by atoms with E-state index in [1.165, 1.54) is 11.0 Å². The summed E-state index contributed by atoms with van der Waals surface area (Å²) >= 11 is 0. The summed E-state index contributed by atoms with van der Waals surface area (Å²) < 4.78 is 27.9. The van der Waals surface area contributed by atoms with Crippen LogP contribution in [0.25, 0.3) is 22.0 Å². The van der Waals surface area contributed by atoms with Crippen molar-refractivity contribution in [3.05, 3.63) is 90.0 Å². The van der Waals surface area contributed by atoms with Gasteiger partial charge in [0.25, 0.3) is 5.91 Å². The number of hydrogen-bond acceptors (Lipinski definition) is 4. The molecule has 5 rings (SSSR count). The van der Waals surface area contributed by atoms with Crippen molar-refractivity contribution in [2.45, 2.75) is 0 Å². The quantitative estimate of drug-likeness (QED) is 0.479. The lowest BCUT2D eigenvalue weighted by atomic mass is 10.0. The van der Waals surface area contributed by atoms with Gasteiger partial charge in [-0.15, -0.1) is 10.2 Å². The molecule has 1 fully saturated rings. The second-order valence-electron chi connectivity index (χ2n) is 7.68. The summed E-state index contributed by atoms with van der Waals surface area (Å²) in [4.78, 5) is 16.1. The molecular weight excluding hydrogens is 410 g/mol. The third-order valence-corrected chi connectivity index (χ3v) is 5.78. The van der Waals surface area contributed by atoms with Crippen molar-refractivity contribution < 1.29 is 13.6 Å². The monoisotopic (exact) mass is 430 g/mol. The summed E-state index contributed by atoms with van der Waals surface area (Å²) in [7, 11) is 0. The molecule has 32 heavy (non-hydrogen) atoms.